The Kier molecular flexibility index (Phi) is 16.8. The van der Waals surface area contributed by atoms with Crippen molar-refractivity contribution in [2.24, 2.45) is 17.6 Å². The smallest absolute Gasteiger partial charge is 0.410 e. The molecule has 4 aromatic heterocycles. The van der Waals surface area contributed by atoms with Crippen LogP contribution < -0.4 is 21.7 Å². The number of aryl methyl sites for hydroxylation is 1. The molecule has 7 rings (SSSR count). The van der Waals surface area contributed by atoms with Crippen molar-refractivity contribution in [2.75, 3.05) is 31.5 Å². The fourth-order valence-corrected chi connectivity index (χ4v) is 8.62. The number of piperidine rings is 1. The van der Waals surface area contributed by atoms with Gasteiger partial charge in [0.05, 0.1) is 23.1 Å². The van der Waals surface area contributed by atoms with Crippen LogP contribution in [0.2, 0.25) is 0 Å². The Balaban J connectivity index is 0.889. The first-order valence-corrected chi connectivity index (χ1v) is 23.8. The number of nitrogens with zero attached hydrogens (tertiary/aromatic N) is 7. The third-order valence-electron chi connectivity index (χ3n) is 12.5. The summed E-state index contributed by atoms with van der Waals surface area (Å²) in [7, 11) is 0. The highest BCUT2D eigenvalue weighted by molar-refractivity contribution is 6.12. The first-order chi connectivity index (χ1) is 33.7. The number of imidazole rings is 1. The number of rotatable bonds is 22. The zero-order valence-corrected chi connectivity index (χ0v) is 39.7. The maximum absolute atomic E-state index is 13.7. The Hall–Kier alpha value is -7.77. The van der Waals surface area contributed by atoms with Crippen molar-refractivity contribution in [1.82, 2.24) is 50.0 Å². The van der Waals surface area contributed by atoms with E-state index in [2.05, 4.69) is 31.0 Å². The number of aromatic amines is 1. The van der Waals surface area contributed by atoms with Crippen LogP contribution in [-0.2, 0) is 35.3 Å². The molecule has 1 aromatic carbocycles. The number of carbonyl (C=O) groups is 7. The number of benzene rings is 1. The number of aromatic nitrogens is 6. The minimum Gasteiger partial charge on any atom is -0.445 e. The minimum absolute atomic E-state index is 0.0160. The van der Waals surface area contributed by atoms with Crippen LogP contribution in [-0.4, -0.2) is 113 Å². The molecule has 2 aliphatic rings. The van der Waals surface area contributed by atoms with Crippen LogP contribution in [0.3, 0.4) is 0 Å². The number of urea groups is 1. The predicted molar refractivity (Wildman–Crippen MR) is 258 cm³/mol. The Labute approximate surface area is 405 Å². The molecule has 368 valence electrons. The molecule has 6 heterocycles. The number of carbonyl (C=O) groups excluding carboxylic acids is 7. The standard InChI is InChI=1S/C50H60N12O8/c1-31(2)44(57-41(64)12-5-4-6-24-61-42(65)19-20-43(61)66)39(63)27-35(10-8-23-52-49(51)68)48(67)56-37-16-13-33(14-17-37)29-70-50(69)60-25-21-34(22-26-60)47-58-45(36-15-18-40-53-30-54-62(40)28-36)46(59-47)38-11-7-9-32(3)55-38/h7,9,11,13-20,28,30-31,34-35,44H,4-6,8,10,12,21-27,29H2,1-3H3,(H,56,67)(H,57,64)(H,58,59)(H3,51,52,68)/t35-,44+/m1/s1. The van der Waals surface area contributed by atoms with Crippen LogP contribution in [0.1, 0.15) is 94.6 Å². The molecule has 0 unspecified atom stereocenters. The van der Waals surface area contributed by atoms with Gasteiger partial charge in [-0.05, 0) is 93.3 Å². The topological polar surface area (TPSA) is 269 Å². The zero-order valence-electron chi connectivity index (χ0n) is 39.7. The number of pyridine rings is 2. The van der Waals surface area contributed by atoms with Crippen molar-refractivity contribution in [1.29, 1.82) is 0 Å². The molecule has 20 nitrogen and oxygen atoms in total. The molecule has 1 fully saturated rings. The number of hydrogen-bond donors (Lipinski definition) is 5. The monoisotopic (exact) mass is 956 g/mol. The zero-order chi connectivity index (χ0) is 49.7. The van der Waals surface area contributed by atoms with Gasteiger partial charge in [0.1, 0.15) is 18.8 Å². The van der Waals surface area contributed by atoms with Crippen LogP contribution >= 0.6 is 0 Å². The van der Waals surface area contributed by atoms with E-state index in [0.717, 1.165) is 44.7 Å². The summed E-state index contributed by atoms with van der Waals surface area (Å²) in [5, 5.41) is 12.5. The lowest BCUT2D eigenvalue weighted by Gasteiger charge is -2.30. The third kappa shape index (κ3) is 13.3. The van der Waals surface area contributed by atoms with Crippen molar-refractivity contribution >= 4 is 52.9 Å². The Morgan fingerprint density at radius 3 is 2.39 bits per heavy atom. The van der Waals surface area contributed by atoms with Gasteiger partial charge in [0.2, 0.25) is 11.8 Å². The van der Waals surface area contributed by atoms with Crippen LogP contribution in [0, 0.1) is 18.8 Å². The number of hydrogen-bond acceptors (Lipinski definition) is 12. The van der Waals surface area contributed by atoms with Crippen molar-refractivity contribution < 1.29 is 38.3 Å². The number of primary amides is 1. The quantitative estimate of drug-likeness (QED) is 0.0420. The van der Waals surface area contributed by atoms with E-state index in [-0.39, 0.29) is 74.3 Å². The van der Waals surface area contributed by atoms with E-state index in [1.807, 2.05) is 57.3 Å². The molecular weight excluding hydrogens is 897 g/mol. The predicted octanol–water partition coefficient (Wildman–Crippen LogP) is 5.59. The van der Waals surface area contributed by atoms with E-state index < -0.39 is 30.0 Å². The summed E-state index contributed by atoms with van der Waals surface area (Å²) in [6, 6.07) is 15.1. The lowest BCUT2D eigenvalue weighted by molar-refractivity contribution is -0.137. The van der Waals surface area contributed by atoms with E-state index >= 15 is 0 Å². The molecule has 7 amide bonds. The number of Topliss-reactive ketones (excluding diaryl/α,β-unsaturated/α-hetero) is 1. The third-order valence-corrected chi connectivity index (χ3v) is 12.5. The minimum atomic E-state index is -0.834. The van der Waals surface area contributed by atoms with E-state index in [1.165, 1.54) is 18.5 Å². The Morgan fingerprint density at radius 2 is 1.67 bits per heavy atom. The van der Waals surface area contributed by atoms with Crippen LogP contribution in [0.4, 0.5) is 15.3 Å². The summed E-state index contributed by atoms with van der Waals surface area (Å²) >= 11 is 0. The number of unbranched alkanes of at least 4 members (excludes halogenated alkanes) is 2. The molecule has 1 saturated heterocycles. The molecule has 0 saturated carbocycles. The fraction of sp³-hybridized carbons (Fsp3) is 0.420. The van der Waals surface area contributed by atoms with Gasteiger partial charge >= 0.3 is 12.1 Å². The van der Waals surface area contributed by atoms with Gasteiger partial charge in [-0.2, -0.15) is 5.10 Å². The second kappa shape index (κ2) is 23.5. The number of amides is 7. The van der Waals surface area contributed by atoms with Crippen molar-refractivity contribution in [3.63, 3.8) is 0 Å². The maximum atomic E-state index is 13.7. The van der Waals surface area contributed by atoms with Crippen molar-refractivity contribution in [3.8, 4) is 22.6 Å². The lowest BCUT2D eigenvalue weighted by Crippen LogP contribution is -2.45. The molecule has 70 heavy (non-hydrogen) atoms. The maximum Gasteiger partial charge on any atom is 0.410 e. The number of anilines is 1. The number of fused-ring (bicyclic) bond motifs is 1. The van der Waals surface area contributed by atoms with Gasteiger partial charge < -0.3 is 36.3 Å². The van der Waals surface area contributed by atoms with Crippen LogP contribution in [0.5, 0.6) is 0 Å². The van der Waals surface area contributed by atoms with Gasteiger partial charge in [0, 0.05) is 86.2 Å². The van der Waals surface area contributed by atoms with E-state index in [9.17, 15) is 33.6 Å². The number of ketones is 1. The number of nitrogens with one attached hydrogen (secondary N) is 4. The SMILES string of the molecule is Cc1cccc(-c2[nH]c(C3CCN(C(=O)OCc4ccc(NC(=O)[C@H](CCCNC(N)=O)CC(=O)[C@@H](NC(=O)CCCCCN5C(=O)C=CC5=O)C(C)C)cc4)CC3)nc2-c2ccc3ncnn3c2)n1. The number of nitrogens with two attached hydrogens (primary N) is 1. The molecule has 0 radical (unpaired) electrons. The van der Waals surface area contributed by atoms with E-state index in [1.54, 1.807) is 33.7 Å². The summed E-state index contributed by atoms with van der Waals surface area (Å²) in [4.78, 5) is 109. The Bertz CT molecular complexity index is 2700. The van der Waals surface area contributed by atoms with Crippen molar-refractivity contribution in [3.05, 3.63) is 96.4 Å². The molecule has 0 bridgehead atoms. The van der Waals surface area contributed by atoms with E-state index in [0.29, 0.717) is 62.9 Å². The average molecular weight is 957 g/mol. The number of ether oxygens (including phenoxy) is 1. The molecule has 5 aromatic rings. The summed E-state index contributed by atoms with van der Waals surface area (Å²) in [6.45, 7) is 7.03. The van der Waals surface area contributed by atoms with Gasteiger partial charge in [0.15, 0.2) is 11.4 Å². The van der Waals surface area contributed by atoms with Crippen molar-refractivity contribution in [2.45, 2.75) is 97.1 Å². The molecule has 20 heteroatoms. The molecule has 2 aliphatic heterocycles. The highest BCUT2D eigenvalue weighted by Gasteiger charge is 2.31. The van der Waals surface area contributed by atoms with Crippen LogP contribution in [0.25, 0.3) is 28.3 Å². The first kappa shape index (κ1) is 50.1. The summed E-state index contributed by atoms with van der Waals surface area (Å²) < 4.78 is 7.42. The molecule has 6 N–H and O–H groups in total. The van der Waals surface area contributed by atoms with Crippen LogP contribution in [0.15, 0.2) is 79.3 Å². The molecular formula is C50H60N12O8. The van der Waals surface area contributed by atoms with Gasteiger partial charge in [-0.15, -0.1) is 0 Å². The number of likely N-dealkylation sites (tertiary alicyclic amines) is 1. The van der Waals surface area contributed by atoms with E-state index in [4.69, 9.17) is 20.4 Å². The highest BCUT2D eigenvalue weighted by Crippen LogP contribution is 2.35. The fourth-order valence-electron chi connectivity index (χ4n) is 8.62. The van der Waals surface area contributed by atoms with Gasteiger partial charge in [-0.25, -0.2) is 24.1 Å². The Morgan fingerprint density at radius 1 is 0.914 bits per heavy atom. The largest absolute Gasteiger partial charge is 0.445 e. The molecule has 0 spiro atoms. The lowest BCUT2D eigenvalue weighted by atomic mass is 9.89. The number of imide groups is 1. The highest BCUT2D eigenvalue weighted by atomic mass is 16.6. The summed E-state index contributed by atoms with van der Waals surface area (Å²) in [6.07, 6.45) is 9.08. The first-order valence-electron chi connectivity index (χ1n) is 23.8. The molecule has 2 atom stereocenters. The average Bonchev–Trinajstić information content (AvgIpc) is 4.09. The van der Waals surface area contributed by atoms with Gasteiger partial charge in [-0.1, -0.05) is 38.5 Å². The number of H-pyrrole nitrogens is 1. The summed E-state index contributed by atoms with van der Waals surface area (Å²) in [5.74, 6) is -1.86. The molecule has 0 aliphatic carbocycles. The van der Waals surface area contributed by atoms with Gasteiger partial charge in [0.25, 0.3) is 11.8 Å². The second-order valence-electron chi connectivity index (χ2n) is 18.1. The summed E-state index contributed by atoms with van der Waals surface area (Å²) in [5.41, 5.74) is 11.2. The normalized spacial score (nSPS) is 14.8. The second-order valence-corrected chi connectivity index (χ2v) is 18.1. The van der Waals surface area contributed by atoms with Gasteiger partial charge in [-0.3, -0.25) is 33.9 Å².